The van der Waals surface area contributed by atoms with Crippen LogP contribution in [-0.4, -0.2) is 14.3 Å². The number of benzene rings is 1. The highest BCUT2D eigenvalue weighted by atomic mass is 32.1. The number of nitrogens with zero attached hydrogens (tertiary/aromatic N) is 3. The summed E-state index contributed by atoms with van der Waals surface area (Å²) in [5, 5.41) is 16.0. The predicted octanol–water partition coefficient (Wildman–Crippen LogP) is 3.62. The van der Waals surface area contributed by atoms with E-state index in [1.807, 2.05) is 6.92 Å². The lowest BCUT2D eigenvalue weighted by Crippen LogP contribution is -2.08. The highest BCUT2D eigenvalue weighted by molar-refractivity contribution is 7.15. The van der Waals surface area contributed by atoms with Crippen LogP contribution in [0.1, 0.15) is 18.5 Å². The second-order valence-corrected chi connectivity index (χ2v) is 5.39. The van der Waals surface area contributed by atoms with E-state index in [1.165, 1.54) is 27.9 Å². The largest absolute Gasteiger partial charge is 0.372 e. The van der Waals surface area contributed by atoms with Crippen LogP contribution in [-0.2, 0) is 0 Å². The van der Waals surface area contributed by atoms with Crippen LogP contribution in [0, 0.1) is 15.9 Å². The van der Waals surface area contributed by atoms with E-state index in [2.05, 4.69) is 10.3 Å². The minimum atomic E-state index is -0.466. The van der Waals surface area contributed by atoms with Gasteiger partial charge in [0, 0.05) is 5.38 Å². The van der Waals surface area contributed by atoms with Gasteiger partial charge in [0.25, 0.3) is 4.96 Å². The van der Waals surface area contributed by atoms with Crippen molar-refractivity contribution >= 4 is 27.9 Å². The fourth-order valence-corrected chi connectivity index (χ4v) is 2.79. The zero-order valence-electron chi connectivity index (χ0n) is 11.0. The average molecular weight is 306 g/mol. The Bertz CT molecular complexity index is 796. The molecule has 2 heterocycles. The summed E-state index contributed by atoms with van der Waals surface area (Å²) in [5.41, 5.74) is 0.821. The van der Waals surface area contributed by atoms with Gasteiger partial charge in [0.15, 0.2) is 0 Å². The average Bonchev–Trinajstić information content (AvgIpc) is 2.98. The zero-order chi connectivity index (χ0) is 15.0. The third kappa shape index (κ3) is 2.45. The molecule has 0 aliphatic carbocycles. The molecule has 0 radical (unpaired) electrons. The summed E-state index contributed by atoms with van der Waals surface area (Å²) in [7, 11) is 0. The number of nitrogens with one attached hydrogen (secondary N) is 1. The molecular weight excluding hydrogens is 295 g/mol. The molecule has 2 aromatic heterocycles. The molecule has 0 amide bonds. The Morgan fingerprint density at radius 3 is 2.81 bits per heavy atom. The lowest BCUT2D eigenvalue weighted by Gasteiger charge is -2.13. The summed E-state index contributed by atoms with van der Waals surface area (Å²) in [4.78, 5) is 15.5. The van der Waals surface area contributed by atoms with Crippen molar-refractivity contribution in [2.75, 3.05) is 5.32 Å². The number of fused-ring (bicyclic) bond motifs is 1. The lowest BCUT2D eigenvalue weighted by atomic mass is 10.1. The van der Waals surface area contributed by atoms with Gasteiger partial charge in [-0.15, -0.1) is 0 Å². The molecule has 3 aromatic rings. The Morgan fingerprint density at radius 1 is 1.43 bits per heavy atom. The number of nitro groups is 1. The van der Waals surface area contributed by atoms with Gasteiger partial charge in [-0.1, -0.05) is 23.5 Å². The van der Waals surface area contributed by atoms with Crippen LogP contribution in [0.4, 0.5) is 16.0 Å². The van der Waals surface area contributed by atoms with Gasteiger partial charge in [0.2, 0.25) is 5.82 Å². The molecule has 0 saturated heterocycles. The third-order valence-electron chi connectivity index (χ3n) is 3.13. The normalized spacial score (nSPS) is 12.5. The Hall–Kier alpha value is -2.48. The maximum atomic E-state index is 12.9. The first-order valence-electron chi connectivity index (χ1n) is 6.18. The van der Waals surface area contributed by atoms with Gasteiger partial charge in [-0.25, -0.2) is 4.39 Å². The van der Waals surface area contributed by atoms with E-state index in [1.54, 1.807) is 23.7 Å². The minimum Gasteiger partial charge on any atom is -0.358 e. The second kappa shape index (κ2) is 5.13. The summed E-state index contributed by atoms with van der Waals surface area (Å²) in [6.45, 7) is 1.84. The molecule has 0 bridgehead atoms. The molecule has 6 nitrogen and oxygen atoms in total. The molecule has 0 aliphatic heterocycles. The van der Waals surface area contributed by atoms with Crippen molar-refractivity contribution < 1.29 is 9.31 Å². The first kappa shape index (κ1) is 13.5. The Labute approximate surface area is 123 Å². The van der Waals surface area contributed by atoms with Crippen LogP contribution in [0.2, 0.25) is 0 Å². The quantitative estimate of drug-likeness (QED) is 0.590. The van der Waals surface area contributed by atoms with E-state index in [0.717, 1.165) is 5.56 Å². The Balaban J connectivity index is 1.93. The first-order valence-corrected chi connectivity index (χ1v) is 7.06. The summed E-state index contributed by atoms with van der Waals surface area (Å²) in [5.74, 6) is -0.205. The molecule has 8 heteroatoms. The van der Waals surface area contributed by atoms with Crippen molar-refractivity contribution in [3.8, 4) is 0 Å². The standard InChI is InChI=1S/C13H11FN4O2S/c1-8(9-2-4-10(14)5-3-9)15-11-12(18(19)20)17-6-7-21-13(17)16-11/h2-8,15H,1H3. The predicted molar refractivity (Wildman–Crippen MR) is 78.2 cm³/mol. The maximum Gasteiger partial charge on any atom is 0.372 e. The van der Waals surface area contributed by atoms with Crippen molar-refractivity contribution in [1.29, 1.82) is 0 Å². The van der Waals surface area contributed by atoms with E-state index in [-0.39, 0.29) is 23.5 Å². The molecular formula is C13H11FN4O2S. The summed E-state index contributed by atoms with van der Waals surface area (Å²) >= 11 is 1.32. The number of halogens is 1. The topological polar surface area (TPSA) is 72.5 Å². The van der Waals surface area contributed by atoms with Crippen molar-refractivity contribution in [2.45, 2.75) is 13.0 Å². The monoisotopic (exact) mass is 306 g/mol. The third-order valence-corrected chi connectivity index (χ3v) is 3.89. The number of aromatic nitrogens is 2. The van der Waals surface area contributed by atoms with Crippen molar-refractivity contribution in [1.82, 2.24) is 9.38 Å². The van der Waals surface area contributed by atoms with Crippen molar-refractivity contribution in [3.05, 3.63) is 57.3 Å². The molecule has 1 N–H and O–H groups in total. The summed E-state index contributed by atoms with van der Waals surface area (Å²) in [6, 6.07) is 5.75. The fraction of sp³-hybridized carbons (Fsp3) is 0.154. The summed E-state index contributed by atoms with van der Waals surface area (Å²) < 4.78 is 14.4. The Morgan fingerprint density at radius 2 is 2.14 bits per heavy atom. The second-order valence-electron chi connectivity index (χ2n) is 4.51. The lowest BCUT2D eigenvalue weighted by molar-refractivity contribution is -0.389. The molecule has 0 saturated carbocycles. The molecule has 0 spiro atoms. The van der Waals surface area contributed by atoms with Gasteiger partial charge in [-0.2, -0.15) is 9.38 Å². The van der Waals surface area contributed by atoms with E-state index in [0.29, 0.717) is 4.96 Å². The number of rotatable bonds is 4. The number of hydrogen-bond acceptors (Lipinski definition) is 5. The van der Waals surface area contributed by atoms with E-state index >= 15 is 0 Å². The molecule has 0 fully saturated rings. The van der Waals surface area contributed by atoms with Gasteiger partial charge < -0.3 is 15.4 Å². The number of thiazole rings is 1. The number of imidazole rings is 1. The SMILES string of the molecule is CC(Nc1nc2sccn2c1[N+](=O)[O-])c1ccc(F)cc1. The first-order chi connectivity index (χ1) is 10.1. The van der Waals surface area contributed by atoms with Crippen LogP contribution in [0.3, 0.4) is 0 Å². The highest BCUT2D eigenvalue weighted by Crippen LogP contribution is 2.30. The number of hydrogen-bond donors (Lipinski definition) is 1. The van der Waals surface area contributed by atoms with Gasteiger partial charge >= 0.3 is 5.82 Å². The van der Waals surface area contributed by atoms with Gasteiger partial charge in [0.05, 0.1) is 6.04 Å². The Kier molecular flexibility index (Phi) is 3.30. The van der Waals surface area contributed by atoms with E-state index in [9.17, 15) is 14.5 Å². The molecule has 21 heavy (non-hydrogen) atoms. The molecule has 0 aliphatic rings. The van der Waals surface area contributed by atoms with Crippen LogP contribution in [0.5, 0.6) is 0 Å². The molecule has 1 atom stereocenters. The van der Waals surface area contributed by atoms with E-state index < -0.39 is 4.92 Å². The molecule has 108 valence electrons. The van der Waals surface area contributed by atoms with Crippen molar-refractivity contribution in [2.24, 2.45) is 0 Å². The summed E-state index contributed by atoms with van der Waals surface area (Å²) in [6.07, 6.45) is 1.61. The molecule has 1 aromatic carbocycles. The fourth-order valence-electron chi connectivity index (χ4n) is 2.08. The van der Waals surface area contributed by atoms with Gasteiger partial charge in [-0.05, 0) is 29.5 Å². The maximum absolute atomic E-state index is 12.9. The zero-order valence-corrected chi connectivity index (χ0v) is 11.8. The van der Waals surface area contributed by atoms with Crippen LogP contribution in [0.25, 0.3) is 4.96 Å². The number of anilines is 1. The van der Waals surface area contributed by atoms with Crippen LogP contribution < -0.4 is 5.32 Å². The van der Waals surface area contributed by atoms with Crippen molar-refractivity contribution in [3.63, 3.8) is 0 Å². The van der Waals surface area contributed by atoms with Crippen LogP contribution >= 0.6 is 11.3 Å². The minimum absolute atomic E-state index is 0.0970. The molecule has 3 rings (SSSR count). The highest BCUT2D eigenvalue weighted by Gasteiger charge is 2.24. The van der Waals surface area contributed by atoms with Gasteiger partial charge in [0.1, 0.15) is 12.0 Å². The smallest absolute Gasteiger partial charge is 0.358 e. The van der Waals surface area contributed by atoms with E-state index in [4.69, 9.17) is 0 Å². The van der Waals surface area contributed by atoms with Crippen LogP contribution in [0.15, 0.2) is 35.8 Å². The van der Waals surface area contributed by atoms with Gasteiger partial charge in [-0.3, -0.25) is 0 Å². The molecule has 1 unspecified atom stereocenters.